The zero-order chi connectivity index (χ0) is 27.1. The first-order valence-corrected chi connectivity index (χ1v) is 16.9. The van der Waals surface area contributed by atoms with Crippen LogP contribution < -0.4 is 6.15 Å². The SMILES string of the molecule is CCCCCCCCCCCCCCCCCC(=O)OC(=O)CCCCCCCCCCCCCCC.Cl.N. The summed E-state index contributed by atoms with van der Waals surface area (Å²) in [4.78, 5) is 23.8. The monoisotopic (exact) mass is 576 g/mol. The molecule has 0 radical (unpaired) electrons. The van der Waals surface area contributed by atoms with Gasteiger partial charge in [-0.1, -0.05) is 181 Å². The minimum absolute atomic E-state index is 0. The molecule has 0 saturated heterocycles. The lowest BCUT2D eigenvalue weighted by molar-refractivity contribution is -0.159. The Morgan fingerprint density at radius 2 is 0.538 bits per heavy atom. The highest BCUT2D eigenvalue weighted by molar-refractivity contribution is 5.85. The van der Waals surface area contributed by atoms with Crippen LogP contribution in [0.3, 0.4) is 0 Å². The second-order valence-corrected chi connectivity index (χ2v) is 11.5. The Labute approximate surface area is 251 Å². The van der Waals surface area contributed by atoms with Gasteiger partial charge >= 0.3 is 11.9 Å². The molecular weight excluding hydrogens is 506 g/mol. The van der Waals surface area contributed by atoms with Crippen LogP contribution in [-0.4, -0.2) is 11.9 Å². The molecule has 0 fully saturated rings. The molecular formula is C34H70ClNO3. The molecule has 0 amide bonds. The Bertz CT molecular complexity index is 487. The van der Waals surface area contributed by atoms with Crippen LogP contribution in [0, 0.1) is 0 Å². The van der Waals surface area contributed by atoms with Crippen molar-refractivity contribution in [1.82, 2.24) is 6.15 Å². The average Bonchev–Trinajstić information content (AvgIpc) is 2.89. The minimum atomic E-state index is -0.325. The molecule has 0 spiro atoms. The van der Waals surface area contributed by atoms with E-state index in [9.17, 15) is 9.59 Å². The number of carbonyl (C=O) groups excluding carboxylic acids is 2. The summed E-state index contributed by atoms with van der Waals surface area (Å²) in [6.45, 7) is 4.55. The summed E-state index contributed by atoms with van der Waals surface area (Å²) >= 11 is 0. The molecule has 0 bridgehead atoms. The molecule has 0 aromatic carbocycles. The third-order valence-electron chi connectivity index (χ3n) is 7.70. The van der Waals surface area contributed by atoms with E-state index in [1.165, 1.54) is 154 Å². The van der Waals surface area contributed by atoms with E-state index in [0.717, 1.165) is 25.7 Å². The largest absolute Gasteiger partial charge is 0.393 e. The summed E-state index contributed by atoms with van der Waals surface area (Å²) in [6, 6.07) is 0. The number of unbranched alkanes of at least 4 members (excludes halogenated alkanes) is 26. The van der Waals surface area contributed by atoms with Gasteiger partial charge in [0.1, 0.15) is 0 Å². The summed E-state index contributed by atoms with van der Waals surface area (Å²) in [6.07, 6.45) is 37.2. The van der Waals surface area contributed by atoms with Gasteiger partial charge in [-0.2, -0.15) is 0 Å². The molecule has 0 atom stereocenters. The molecule has 0 aromatic heterocycles. The molecule has 0 heterocycles. The highest BCUT2D eigenvalue weighted by Gasteiger charge is 2.09. The van der Waals surface area contributed by atoms with Crippen LogP contribution >= 0.6 is 12.4 Å². The number of halogens is 1. The Hall–Kier alpha value is -0.610. The first-order chi connectivity index (χ1) is 18.2. The average molecular weight is 576 g/mol. The second-order valence-electron chi connectivity index (χ2n) is 11.5. The van der Waals surface area contributed by atoms with Crippen molar-refractivity contribution >= 4 is 24.3 Å². The standard InChI is InChI=1S/C34H66O3.ClH.H3N/c1-3-5-7-9-11-13-15-17-18-20-22-24-26-28-30-32-34(36)37-33(35)31-29-27-25-23-21-19-16-14-12-10-8-6-4-2;;/h3-32H2,1-2H3;1H;1H3. The molecule has 0 aromatic rings. The number of esters is 2. The molecule has 0 aliphatic rings. The maximum Gasteiger partial charge on any atom is 0.313 e. The van der Waals surface area contributed by atoms with Gasteiger partial charge in [-0.15, -0.1) is 12.4 Å². The smallest absolute Gasteiger partial charge is 0.313 e. The number of ether oxygens (including phenoxy) is 1. The Balaban J connectivity index is -0.00000648. The van der Waals surface area contributed by atoms with E-state index >= 15 is 0 Å². The van der Waals surface area contributed by atoms with Crippen LogP contribution in [0.15, 0.2) is 0 Å². The van der Waals surface area contributed by atoms with E-state index in [4.69, 9.17) is 4.74 Å². The lowest BCUT2D eigenvalue weighted by Crippen LogP contribution is -2.11. The van der Waals surface area contributed by atoms with Crippen LogP contribution in [0.4, 0.5) is 0 Å². The van der Waals surface area contributed by atoms with E-state index in [2.05, 4.69) is 13.8 Å². The molecule has 39 heavy (non-hydrogen) atoms. The Morgan fingerprint density at radius 3 is 0.744 bits per heavy atom. The summed E-state index contributed by atoms with van der Waals surface area (Å²) in [5.41, 5.74) is 0. The predicted molar refractivity (Wildman–Crippen MR) is 173 cm³/mol. The molecule has 0 unspecified atom stereocenters. The van der Waals surface area contributed by atoms with Crippen molar-refractivity contribution in [3.8, 4) is 0 Å². The lowest BCUT2D eigenvalue weighted by atomic mass is 10.0. The van der Waals surface area contributed by atoms with Gasteiger partial charge < -0.3 is 10.9 Å². The molecule has 4 nitrogen and oxygen atoms in total. The van der Waals surface area contributed by atoms with Gasteiger partial charge in [0.05, 0.1) is 0 Å². The fraction of sp³-hybridized carbons (Fsp3) is 0.941. The Kier molecular flexibility index (Phi) is 41.1. The summed E-state index contributed by atoms with van der Waals surface area (Å²) < 4.78 is 5.00. The number of rotatable bonds is 30. The van der Waals surface area contributed by atoms with Crippen LogP contribution in [-0.2, 0) is 14.3 Å². The summed E-state index contributed by atoms with van der Waals surface area (Å²) in [5, 5.41) is 0. The maximum absolute atomic E-state index is 11.9. The van der Waals surface area contributed by atoms with Gasteiger partial charge in [0.15, 0.2) is 0 Å². The predicted octanol–water partition coefficient (Wildman–Crippen LogP) is 12.4. The Morgan fingerprint density at radius 1 is 0.359 bits per heavy atom. The highest BCUT2D eigenvalue weighted by Crippen LogP contribution is 2.15. The van der Waals surface area contributed by atoms with Crippen molar-refractivity contribution in [1.29, 1.82) is 0 Å². The van der Waals surface area contributed by atoms with Gasteiger partial charge in [-0.3, -0.25) is 9.59 Å². The first-order valence-electron chi connectivity index (χ1n) is 16.9. The third kappa shape index (κ3) is 37.4. The van der Waals surface area contributed by atoms with Crippen molar-refractivity contribution in [2.75, 3.05) is 0 Å². The van der Waals surface area contributed by atoms with Crippen molar-refractivity contribution in [2.24, 2.45) is 0 Å². The first kappa shape index (κ1) is 42.9. The van der Waals surface area contributed by atoms with E-state index in [0.29, 0.717) is 12.8 Å². The van der Waals surface area contributed by atoms with Crippen molar-refractivity contribution in [2.45, 2.75) is 206 Å². The third-order valence-corrected chi connectivity index (χ3v) is 7.70. The number of hydrogen-bond acceptors (Lipinski definition) is 4. The second kappa shape index (κ2) is 37.4. The van der Waals surface area contributed by atoms with Gasteiger partial charge in [0, 0.05) is 12.8 Å². The zero-order valence-electron chi connectivity index (χ0n) is 26.6. The van der Waals surface area contributed by atoms with Crippen LogP contribution in [0.1, 0.15) is 206 Å². The highest BCUT2D eigenvalue weighted by atomic mass is 35.5. The topological polar surface area (TPSA) is 78.4 Å². The molecule has 236 valence electrons. The molecule has 3 N–H and O–H groups in total. The van der Waals surface area contributed by atoms with Crippen molar-refractivity contribution < 1.29 is 14.3 Å². The van der Waals surface area contributed by atoms with Crippen LogP contribution in [0.5, 0.6) is 0 Å². The quantitative estimate of drug-likeness (QED) is 0.0524. The van der Waals surface area contributed by atoms with Gasteiger partial charge in [0.25, 0.3) is 0 Å². The zero-order valence-corrected chi connectivity index (χ0v) is 27.4. The van der Waals surface area contributed by atoms with E-state index in [1.807, 2.05) is 0 Å². The van der Waals surface area contributed by atoms with Gasteiger partial charge in [0.2, 0.25) is 0 Å². The van der Waals surface area contributed by atoms with Crippen LogP contribution in [0.2, 0.25) is 0 Å². The van der Waals surface area contributed by atoms with Crippen molar-refractivity contribution in [3.05, 3.63) is 0 Å². The fourth-order valence-corrected chi connectivity index (χ4v) is 5.16. The van der Waals surface area contributed by atoms with E-state index < -0.39 is 0 Å². The molecule has 5 heteroatoms. The maximum atomic E-state index is 11.9. The lowest BCUT2D eigenvalue weighted by Gasteiger charge is -2.05. The molecule has 0 rings (SSSR count). The summed E-state index contributed by atoms with van der Waals surface area (Å²) in [7, 11) is 0. The fourth-order valence-electron chi connectivity index (χ4n) is 5.16. The summed E-state index contributed by atoms with van der Waals surface area (Å²) in [5.74, 6) is -0.650. The van der Waals surface area contributed by atoms with E-state index in [1.54, 1.807) is 0 Å². The van der Waals surface area contributed by atoms with E-state index in [-0.39, 0.29) is 30.5 Å². The number of hydrogen-bond donors (Lipinski definition) is 1. The van der Waals surface area contributed by atoms with Gasteiger partial charge in [-0.05, 0) is 12.8 Å². The minimum Gasteiger partial charge on any atom is -0.393 e. The molecule has 0 aliphatic carbocycles. The molecule has 0 aliphatic heterocycles. The van der Waals surface area contributed by atoms with Crippen LogP contribution in [0.25, 0.3) is 0 Å². The molecule has 0 saturated carbocycles. The number of carbonyl (C=O) groups is 2. The normalized spacial score (nSPS) is 10.6. The van der Waals surface area contributed by atoms with Gasteiger partial charge in [-0.25, -0.2) is 0 Å². The van der Waals surface area contributed by atoms with Crippen molar-refractivity contribution in [3.63, 3.8) is 0 Å².